The van der Waals surface area contributed by atoms with E-state index in [0.29, 0.717) is 0 Å². The molecule has 0 aliphatic carbocycles. The number of carbonyl (C=O) groups excluding carboxylic acids is 1. The minimum atomic E-state index is -0.344. The second kappa shape index (κ2) is 16.5. The third-order valence-electron chi connectivity index (χ3n) is 5.77. The number of hydrogen-bond donors (Lipinski definition) is 1. The van der Waals surface area contributed by atoms with Crippen molar-refractivity contribution in [3.8, 4) is 0 Å². The first-order chi connectivity index (χ1) is 16.9. The monoisotopic (exact) mass is 512 g/mol. The van der Waals surface area contributed by atoms with Gasteiger partial charge >= 0.3 is 5.97 Å². The highest BCUT2D eigenvalue weighted by Gasteiger charge is 2.26. The first kappa shape index (κ1) is 29.0. The van der Waals surface area contributed by atoms with Gasteiger partial charge in [0.15, 0.2) is 0 Å². The molecule has 0 radical (unpaired) electrons. The molecule has 0 aliphatic heterocycles. The molecule has 0 amide bonds. The maximum Gasteiger partial charge on any atom is 0.319 e. The van der Waals surface area contributed by atoms with Gasteiger partial charge in [0.2, 0.25) is 0 Å². The Morgan fingerprint density at radius 2 is 1.43 bits per heavy atom. The van der Waals surface area contributed by atoms with E-state index in [1.807, 2.05) is 41.1 Å². The highest BCUT2D eigenvalue weighted by molar-refractivity contribution is 7.11. The zero-order chi connectivity index (χ0) is 25.5. The van der Waals surface area contributed by atoms with Gasteiger partial charge in [0.1, 0.15) is 12.5 Å². The van der Waals surface area contributed by atoms with Crippen LogP contribution in [0.3, 0.4) is 0 Å². The van der Waals surface area contributed by atoms with Crippen LogP contribution in [0.1, 0.15) is 81.9 Å². The van der Waals surface area contributed by atoms with Crippen molar-refractivity contribution in [2.45, 2.75) is 72.1 Å². The molecule has 0 atom stereocenters. The Bertz CT molecular complexity index is 954. The summed E-state index contributed by atoms with van der Waals surface area (Å²) >= 11 is 3.16. The summed E-state index contributed by atoms with van der Waals surface area (Å²) in [5, 5.41) is 13.7. The van der Waals surface area contributed by atoms with E-state index in [4.69, 9.17) is 4.74 Å². The summed E-state index contributed by atoms with van der Waals surface area (Å²) < 4.78 is 5.62. The highest BCUT2D eigenvalue weighted by Crippen LogP contribution is 2.32. The molecule has 0 aliphatic rings. The van der Waals surface area contributed by atoms with Crippen LogP contribution in [0.5, 0.6) is 0 Å². The second-order valence-electron chi connectivity index (χ2n) is 9.11. The van der Waals surface area contributed by atoms with E-state index in [1.54, 1.807) is 22.7 Å². The van der Waals surface area contributed by atoms with E-state index in [0.717, 1.165) is 53.9 Å². The Morgan fingerprint density at radius 3 is 1.97 bits per heavy atom. The van der Waals surface area contributed by atoms with Gasteiger partial charge in [-0.25, -0.2) is 0 Å². The summed E-state index contributed by atoms with van der Waals surface area (Å²) in [5.74, 6) is -0.547. The SMILES string of the molecule is CC(C)=CCCC(C)=CCCC(=CCCC(C)=CCOC(=O)C(c1cccs1)c1cccs1)CO. The fourth-order valence-corrected chi connectivity index (χ4v) is 5.42. The number of aliphatic hydroxyl groups is 1. The van der Waals surface area contributed by atoms with Crippen molar-refractivity contribution in [1.29, 1.82) is 0 Å². The summed E-state index contributed by atoms with van der Waals surface area (Å²) in [5.41, 5.74) is 5.05. The minimum Gasteiger partial charge on any atom is -0.461 e. The maximum absolute atomic E-state index is 12.8. The van der Waals surface area contributed by atoms with Crippen molar-refractivity contribution in [1.82, 2.24) is 0 Å². The van der Waals surface area contributed by atoms with E-state index in [9.17, 15) is 9.90 Å². The third-order valence-corrected chi connectivity index (χ3v) is 7.65. The van der Waals surface area contributed by atoms with Crippen molar-refractivity contribution in [3.63, 3.8) is 0 Å². The van der Waals surface area contributed by atoms with Gasteiger partial charge in [-0.15, -0.1) is 22.7 Å². The molecule has 0 spiro atoms. The molecule has 35 heavy (non-hydrogen) atoms. The normalized spacial score (nSPS) is 12.8. The van der Waals surface area contributed by atoms with Gasteiger partial charge in [0, 0.05) is 9.75 Å². The summed E-state index contributed by atoms with van der Waals surface area (Å²) in [6.07, 6.45) is 14.5. The fraction of sp³-hybridized carbons (Fsp3) is 0.433. The van der Waals surface area contributed by atoms with Gasteiger partial charge in [-0.05, 0) is 101 Å². The fourth-order valence-electron chi connectivity index (χ4n) is 3.68. The average Bonchev–Trinajstić information content (AvgIpc) is 3.53. The lowest BCUT2D eigenvalue weighted by molar-refractivity contribution is -0.143. The van der Waals surface area contributed by atoms with Crippen LogP contribution in [0.25, 0.3) is 0 Å². The lowest BCUT2D eigenvalue weighted by atomic mass is 10.0. The Morgan fingerprint density at radius 1 is 0.857 bits per heavy atom. The molecule has 0 fully saturated rings. The largest absolute Gasteiger partial charge is 0.461 e. The number of aliphatic hydroxyl groups excluding tert-OH is 1. The number of allylic oxidation sites excluding steroid dienone is 6. The molecule has 2 rings (SSSR count). The van der Waals surface area contributed by atoms with Crippen LogP contribution in [0.15, 0.2) is 81.6 Å². The van der Waals surface area contributed by atoms with E-state index in [1.165, 1.54) is 16.7 Å². The maximum atomic E-state index is 12.8. The molecular weight excluding hydrogens is 472 g/mol. The van der Waals surface area contributed by atoms with E-state index in [-0.39, 0.29) is 25.1 Å². The molecule has 0 saturated carbocycles. The molecule has 0 aromatic carbocycles. The van der Waals surface area contributed by atoms with E-state index < -0.39 is 0 Å². The highest BCUT2D eigenvalue weighted by atomic mass is 32.1. The smallest absolute Gasteiger partial charge is 0.319 e. The lowest BCUT2D eigenvalue weighted by Crippen LogP contribution is -2.15. The predicted octanol–water partition coefficient (Wildman–Crippen LogP) is 8.60. The van der Waals surface area contributed by atoms with Crippen LogP contribution in [-0.4, -0.2) is 24.3 Å². The number of ether oxygens (including phenoxy) is 1. The zero-order valence-corrected chi connectivity index (χ0v) is 23.2. The first-order valence-electron chi connectivity index (χ1n) is 12.4. The van der Waals surface area contributed by atoms with Crippen LogP contribution >= 0.6 is 22.7 Å². The predicted molar refractivity (Wildman–Crippen MR) is 151 cm³/mol. The zero-order valence-electron chi connectivity index (χ0n) is 21.6. The number of hydrogen-bond acceptors (Lipinski definition) is 5. The van der Waals surface area contributed by atoms with Gasteiger partial charge in [-0.2, -0.15) is 0 Å². The van der Waals surface area contributed by atoms with Crippen LogP contribution < -0.4 is 0 Å². The topological polar surface area (TPSA) is 46.5 Å². The van der Waals surface area contributed by atoms with Gasteiger partial charge in [-0.3, -0.25) is 4.79 Å². The van der Waals surface area contributed by atoms with Crippen molar-refractivity contribution >= 4 is 28.6 Å². The number of carbonyl (C=O) groups is 1. The summed E-state index contributed by atoms with van der Waals surface area (Å²) in [6.45, 7) is 8.91. The molecular formula is C30H40O3S2. The molecule has 190 valence electrons. The number of esters is 1. The van der Waals surface area contributed by atoms with Gasteiger partial charge in [0.05, 0.1) is 6.61 Å². The van der Waals surface area contributed by atoms with E-state index >= 15 is 0 Å². The number of rotatable bonds is 15. The Hall–Kier alpha value is -2.21. The van der Waals surface area contributed by atoms with Crippen molar-refractivity contribution < 1.29 is 14.6 Å². The standard InChI is InChI=1S/C30H40O3S2/c1-23(2)10-5-11-24(3)12-6-14-26(22-31)15-7-13-25(4)18-19-33-30(32)29(27-16-8-20-34-27)28-17-9-21-35-28/h8-10,12,15-18,20-21,29,31H,5-7,11,13-14,19,22H2,1-4H3. The van der Waals surface area contributed by atoms with Crippen LogP contribution in [0.2, 0.25) is 0 Å². The first-order valence-corrected chi connectivity index (χ1v) is 14.1. The van der Waals surface area contributed by atoms with Crippen LogP contribution in [0.4, 0.5) is 0 Å². The van der Waals surface area contributed by atoms with Crippen LogP contribution in [-0.2, 0) is 9.53 Å². The molecule has 0 saturated heterocycles. The van der Waals surface area contributed by atoms with Gasteiger partial charge in [0.25, 0.3) is 0 Å². The molecule has 3 nitrogen and oxygen atoms in total. The van der Waals surface area contributed by atoms with Crippen molar-refractivity contribution in [2.75, 3.05) is 13.2 Å². The lowest BCUT2D eigenvalue weighted by Gasteiger charge is -2.12. The average molecular weight is 513 g/mol. The quantitative estimate of drug-likeness (QED) is 0.192. The molecule has 2 aromatic heterocycles. The minimum absolute atomic E-state index is 0.109. The number of thiophene rings is 2. The molecule has 0 bridgehead atoms. The molecule has 2 aromatic rings. The molecule has 1 N–H and O–H groups in total. The molecule has 0 unspecified atom stereocenters. The van der Waals surface area contributed by atoms with Gasteiger partial charge in [-0.1, -0.05) is 47.1 Å². The Labute approximate surface area is 219 Å². The molecule has 2 heterocycles. The third kappa shape index (κ3) is 11.4. The summed E-state index contributed by atoms with van der Waals surface area (Å²) in [4.78, 5) is 14.8. The van der Waals surface area contributed by atoms with Gasteiger partial charge < -0.3 is 9.84 Å². The Balaban J connectivity index is 1.76. The second-order valence-corrected chi connectivity index (χ2v) is 11.1. The van der Waals surface area contributed by atoms with Crippen LogP contribution in [0, 0.1) is 0 Å². The van der Waals surface area contributed by atoms with Crippen molar-refractivity contribution in [2.24, 2.45) is 0 Å². The summed E-state index contributed by atoms with van der Waals surface area (Å²) in [6, 6.07) is 7.92. The molecule has 5 heteroatoms. The van der Waals surface area contributed by atoms with Crippen molar-refractivity contribution in [3.05, 3.63) is 91.4 Å². The van der Waals surface area contributed by atoms with E-state index in [2.05, 4.69) is 45.9 Å². The summed E-state index contributed by atoms with van der Waals surface area (Å²) in [7, 11) is 0. The Kier molecular flexibility index (Phi) is 13.6.